The van der Waals surface area contributed by atoms with E-state index < -0.39 is 5.92 Å². The molecule has 0 aliphatic carbocycles. The fraction of sp³-hybridized carbons (Fsp3) is 0.276. The molecule has 1 N–H and O–H groups in total. The molecule has 0 saturated heterocycles. The highest BCUT2D eigenvalue weighted by Crippen LogP contribution is 2.36. The van der Waals surface area contributed by atoms with Crippen molar-refractivity contribution >= 4 is 16.8 Å². The standard InChI is InChI=1S/C29H31FN2O2/c1-20(2)17-31-29(33)16-25(23-8-4-6-10-27(23)30)26-19-32(28-11-7-5-9-24(26)28)18-21-12-14-22(34-3)15-13-21/h4-15,19-20,25H,16-18H2,1-3H3,(H,31,33)/t25-/m1/s1. The summed E-state index contributed by atoms with van der Waals surface area (Å²) in [6, 6.07) is 22.8. The van der Waals surface area contributed by atoms with Crippen molar-refractivity contribution in [3.05, 3.63) is 102 Å². The van der Waals surface area contributed by atoms with Crippen molar-refractivity contribution in [2.45, 2.75) is 32.7 Å². The number of carbonyl (C=O) groups excluding carboxylic acids is 1. The number of nitrogens with zero attached hydrogens (tertiary/aromatic N) is 1. The molecular formula is C29H31FN2O2. The van der Waals surface area contributed by atoms with E-state index in [-0.39, 0.29) is 18.1 Å². The van der Waals surface area contributed by atoms with Crippen LogP contribution in [0.25, 0.3) is 10.9 Å². The van der Waals surface area contributed by atoms with Gasteiger partial charge in [-0.05, 0) is 46.9 Å². The molecular weight excluding hydrogens is 427 g/mol. The fourth-order valence-electron chi connectivity index (χ4n) is 4.33. The molecule has 0 saturated carbocycles. The summed E-state index contributed by atoms with van der Waals surface area (Å²) in [6.07, 6.45) is 2.26. The van der Waals surface area contributed by atoms with E-state index in [1.165, 1.54) is 6.07 Å². The zero-order valence-electron chi connectivity index (χ0n) is 19.9. The van der Waals surface area contributed by atoms with Crippen molar-refractivity contribution in [1.82, 2.24) is 9.88 Å². The van der Waals surface area contributed by atoms with Crippen LogP contribution in [-0.4, -0.2) is 24.1 Å². The summed E-state index contributed by atoms with van der Waals surface area (Å²) in [5.74, 6) is 0.400. The maximum Gasteiger partial charge on any atom is 0.220 e. The van der Waals surface area contributed by atoms with Crippen LogP contribution < -0.4 is 10.1 Å². The molecule has 1 aromatic heterocycles. The van der Waals surface area contributed by atoms with Crippen LogP contribution in [0.1, 0.15) is 42.9 Å². The van der Waals surface area contributed by atoms with Crippen LogP contribution in [0.2, 0.25) is 0 Å². The van der Waals surface area contributed by atoms with Gasteiger partial charge in [0.1, 0.15) is 11.6 Å². The molecule has 0 aliphatic heterocycles. The van der Waals surface area contributed by atoms with Gasteiger partial charge in [0.25, 0.3) is 0 Å². The van der Waals surface area contributed by atoms with Gasteiger partial charge in [-0.1, -0.05) is 62.4 Å². The number of amides is 1. The molecule has 5 heteroatoms. The minimum absolute atomic E-state index is 0.0751. The van der Waals surface area contributed by atoms with Crippen molar-refractivity contribution in [1.29, 1.82) is 0 Å². The van der Waals surface area contributed by atoms with Crippen LogP contribution >= 0.6 is 0 Å². The molecule has 4 aromatic rings. The van der Waals surface area contributed by atoms with Gasteiger partial charge in [-0.3, -0.25) is 4.79 Å². The lowest BCUT2D eigenvalue weighted by Crippen LogP contribution is -2.29. The molecule has 0 bridgehead atoms. The number of benzene rings is 3. The number of rotatable bonds is 9. The van der Waals surface area contributed by atoms with Crippen molar-refractivity contribution in [2.75, 3.05) is 13.7 Å². The highest BCUT2D eigenvalue weighted by Gasteiger charge is 2.25. The minimum Gasteiger partial charge on any atom is -0.497 e. The molecule has 34 heavy (non-hydrogen) atoms. The molecule has 4 nitrogen and oxygen atoms in total. The summed E-state index contributed by atoms with van der Waals surface area (Å²) in [5.41, 5.74) is 3.67. The lowest BCUT2D eigenvalue weighted by molar-refractivity contribution is -0.121. The van der Waals surface area contributed by atoms with E-state index in [2.05, 4.69) is 42.1 Å². The van der Waals surface area contributed by atoms with Crippen LogP contribution in [0.5, 0.6) is 5.75 Å². The number of methoxy groups -OCH3 is 1. The second kappa shape index (κ2) is 10.6. The van der Waals surface area contributed by atoms with E-state index >= 15 is 0 Å². The molecule has 0 aliphatic rings. The topological polar surface area (TPSA) is 43.3 Å². The molecule has 1 amide bonds. The first-order valence-electron chi connectivity index (χ1n) is 11.7. The summed E-state index contributed by atoms with van der Waals surface area (Å²) in [7, 11) is 1.65. The number of hydrogen-bond acceptors (Lipinski definition) is 2. The first-order valence-corrected chi connectivity index (χ1v) is 11.7. The van der Waals surface area contributed by atoms with E-state index in [4.69, 9.17) is 4.74 Å². The molecule has 3 aromatic carbocycles. The zero-order chi connectivity index (χ0) is 24.1. The second-order valence-corrected chi connectivity index (χ2v) is 9.05. The summed E-state index contributed by atoms with van der Waals surface area (Å²) in [5, 5.41) is 4.03. The summed E-state index contributed by atoms with van der Waals surface area (Å²) < 4.78 is 22.4. The Hall–Kier alpha value is -3.60. The number of nitrogens with one attached hydrogen (secondary N) is 1. The van der Waals surface area contributed by atoms with Crippen LogP contribution in [0.15, 0.2) is 79.0 Å². The number of ether oxygens (including phenoxy) is 1. The van der Waals surface area contributed by atoms with Gasteiger partial charge in [0.05, 0.1) is 7.11 Å². The largest absolute Gasteiger partial charge is 0.497 e. The van der Waals surface area contributed by atoms with Gasteiger partial charge in [-0.2, -0.15) is 0 Å². The van der Waals surface area contributed by atoms with Gasteiger partial charge in [0, 0.05) is 42.5 Å². The van der Waals surface area contributed by atoms with Gasteiger partial charge in [0.2, 0.25) is 5.91 Å². The Morgan fingerprint density at radius 3 is 2.38 bits per heavy atom. The minimum atomic E-state index is -0.393. The van der Waals surface area contributed by atoms with Crippen molar-refractivity contribution in [3.8, 4) is 5.75 Å². The molecule has 176 valence electrons. The number of hydrogen-bond donors (Lipinski definition) is 1. The van der Waals surface area contributed by atoms with Crippen LogP contribution in [0.3, 0.4) is 0 Å². The number of carbonyl (C=O) groups is 1. The average molecular weight is 459 g/mol. The van der Waals surface area contributed by atoms with Gasteiger partial charge in [-0.15, -0.1) is 0 Å². The highest BCUT2D eigenvalue weighted by molar-refractivity contribution is 5.86. The van der Waals surface area contributed by atoms with Crippen LogP contribution in [-0.2, 0) is 11.3 Å². The molecule has 4 rings (SSSR count). The Morgan fingerprint density at radius 2 is 1.68 bits per heavy atom. The van der Waals surface area contributed by atoms with Gasteiger partial charge < -0.3 is 14.6 Å². The smallest absolute Gasteiger partial charge is 0.220 e. The van der Waals surface area contributed by atoms with Crippen molar-refractivity contribution in [3.63, 3.8) is 0 Å². The Morgan fingerprint density at radius 1 is 0.971 bits per heavy atom. The quantitative estimate of drug-likeness (QED) is 0.328. The first kappa shape index (κ1) is 23.6. The third-order valence-corrected chi connectivity index (χ3v) is 6.08. The monoisotopic (exact) mass is 458 g/mol. The zero-order valence-corrected chi connectivity index (χ0v) is 19.9. The highest BCUT2D eigenvalue weighted by atomic mass is 19.1. The number of halogens is 1. The maximum atomic E-state index is 15.0. The van der Waals surface area contributed by atoms with E-state index in [1.807, 2.05) is 42.5 Å². The van der Waals surface area contributed by atoms with E-state index in [9.17, 15) is 9.18 Å². The Balaban J connectivity index is 1.75. The predicted octanol–water partition coefficient (Wildman–Crippen LogP) is 6.13. The number of para-hydroxylation sites is 1. The number of fused-ring (bicyclic) bond motifs is 1. The molecule has 1 heterocycles. The van der Waals surface area contributed by atoms with Crippen LogP contribution in [0, 0.1) is 11.7 Å². The Kier molecular flexibility index (Phi) is 7.31. The maximum absolute atomic E-state index is 15.0. The summed E-state index contributed by atoms with van der Waals surface area (Å²) >= 11 is 0. The third kappa shape index (κ3) is 5.30. The summed E-state index contributed by atoms with van der Waals surface area (Å²) in [6.45, 7) is 5.37. The average Bonchev–Trinajstić information content (AvgIpc) is 3.20. The third-order valence-electron chi connectivity index (χ3n) is 6.08. The molecule has 0 radical (unpaired) electrons. The van der Waals surface area contributed by atoms with E-state index in [0.29, 0.717) is 24.6 Å². The van der Waals surface area contributed by atoms with Crippen molar-refractivity contribution < 1.29 is 13.9 Å². The van der Waals surface area contributed by atoms with E-state index in [1.54, 1.807) is 19.2 Å². The molecule has 0 fully saturated rings. The van der Waals surface area contributed by atoms with Gasteiger partial charge in [0.15, 0.2) is 0 Å². The lowest BCUT2D eigenvalue weighted by atomic mass is 9.87. The number of aromatic nitrogens is 1. The first-order chi connectivity index (χ1) is 16.5. The molecule has 0 spiro atoms. The SMILES string of the molecule is COc1ccc(Cn2cc([C@H](CC(=O)NCC(C)C)c3ccccc3F)c3ccccc32)cc1. The Bertz CT molecular complexity index is 1260. The van der Waals surface area contributed by atoms with Crippen molar-refractivity contribution in [2.24, 2.45) is 5.92 Å². The van der Waals surface area contributed by atoms with Gasteiger partial charge in [-0.25, -0.2) is 4.39 Å². The van der Waals surface area contributed by atoms with E-state index in [0.717, 1.165) is 27.8 Å². The fourth-order valence-corrected chi connectivity index (χ4v) is 4.33. The van der Waals surface area contributed by atoms with Gasteiger partial charge >= 0.3 is 0 Å². The Labute approximate surface area is 200 Å². The normalized spacial score (nSPS) is 12.1. The van der Waals surface area contributed by atoms with Crippen LogP contribution in [0.4, 0.5) is 4.39 Å². The lowest BCUT2D eigenvalue weighted by Gasteiger charge is -2.18. The summed E-state index contributed by atoms with van der Waals surface area (Å²) in [4.78, 5) is 12.9. The molecule has 1 atom stereocenters. The predicted molar refractivity (Wildman–Crippen MR) is 135 cm³/mol. The second-order valence-electron chi connectivity index (χ2n) is 9.05. The molecule has 0 unspecified atom stereocenters.